The van der Waals surface area contributed by atoms with E-state index in [0.717, 1.165) is 36.6 Å². The Hall–Kier alpha value is -1.26. The molecule has 1 heterocycles. The summed E-state index contributed by atoms with van der Waals surface area (Å²) in [6.07, 6.45) is 0.556. The number of nitrogen functional groups attached to an aromatic ring is 1. The van der Waals surface area contributed by atoms with Crippen LogP contribution in [0.5, 0.6) is 5.75 Å². The molecule has 1 saturated heterocycles. The van der Waals surface area contributed by atoms with Gasteiger partial charge in [-0.05, 0) is 39.0 Å². The summed E-state index contributed by atoms with van der Waals surface area (Å²) in [4.78, 5) is 2.40. The van der Waals surface area contributed by atoms with Crippen LogP contribution in [0.4, 0.5) is 5.69 Å². The molecule has 2 atom stereocenters. The van der Waals surface area contributed by atoms with Gasteiger partial charge < -0.3 is 15.2 Å². The third-order valence-electron chi connectivity index (χ3n) is 3.27. The molecule has 2 rings (SSSR count). The summed E-state index contributed by atoms with van der Waals surface area (Å²) < 4.78 is 11.4. The number of ether oxygens (including phenoxy) is 2. The molecule has 106 valence electrons. The van der Waals surface area contributed by atoms with Gasteiger partial charge in [-0.25, -0.2) is 0 Å². The molecule has 2 unspecified atom stereocenters. The van der Waals surface area contributed by atoms with Gasteiger partial charge in [-0.2, -0.15) is 0 Å². The predicted octanol–water partition coefficient (Wildman–Crippen LogP) is 2.28. The molecule has 1 aliphatic rings. The zero-order valence-electron chi connectivity index (χ0n) is 12.1. The summed E-state index contributed by atoms with van der Waals surface area (Å²) in [7, 11) is 0. The number of benzene rings is 1. The van der Waals surface area contributed by atoms with E-state index in [-0.39, 0.29) is 12.2 Å². The van der Waals surface area contributed by atoms with Crippen LogP contribution in [0.1, 0.15) is 26.3 Å². The van der Waals surface area contributed by atoms with Crippen molar-refractivity contribution in [3.05, 3.63) is 23.8 Å². The molecule has 19 heavy (non-hydrogen) atoms. The summed E-state index contributed by atoms with van der Waals surface area (Å²) in [5, 5.41) is 0. The molecule has 0 bridgehead atoms. The van der Waals surface area contributed by atoms with Crippen molar-refractivity contribution in [3.8, 4) is 5.75 Å². The minimum absolute atomic E-state index is 0.278. The summed E-state index contributed by atoms with van der Waals surface area (Å²) in [5.41, 5.74) is 7.83. The Kier molecular flexibility index (Phi) is 4.66. The number of morpholine rings is 1. The smallest absolute Gasteiger partial charge is 0.123 e. The van der Waals surface area contributed by atoms with E-state index in [0.29, 0.717) is 6.61 Å². The number of anilines is 1. The van der Waals surface area contributed by atoms with Gasteiger partial charge in [0.1, 0.15) is 5.75 Å². The minimum Gasteiger partial charge on any atom is -0.494 e. The van der Waals surface area contributed by atoms with Crippen LogP contribution in [0.25, 0.3) is 0 Å². The average molecular weight is 264 g/mol. The molecular formula is C15H24N2O2. The largest absolute Gasteiger partial charge is 0.494 e. The number of nitrogens with two attached hydrogens (primary N) is 1. The van der Waals surface area contributed by atoms with Gasteiger partial charge in [-0.1, -0.05) is 0 Å². The molecule has 2 N–H and O–H groups in total. The fourth-order valence-electron chi connectivity index (χ4n) is 2.67. The second-order valence-corrected chi connectivity index (χ2v) is 5.25. The van der Waals surface area contributed by atoms with Crippen LogP contribution in [0.2, 0.25) is 0 Å². The Morgan fingerprint density at radius 1 is 1.32 bits per heavy atom. The molecule has 1 aromatic rings. The zero-order chi connectivity index (χ0) is 13.8. The van der Waals surface area contributed by atoms with E-state index >= 15 is 0 Å². The van der Waals surface area contributed by atoms with Crippen molar-refractivity contribution in [2.24, 2.45) is 0 Å². The van der Waals surface area contributed by atoms with Crippen LogP contribution in [0.3, 0.4) is 0 Å². The van der Waals surface area contributed by atoms with Crippen molar-refractivity contribution in [2.75, 3.05) is 25.4 Å². The van der Waals surface area contributed by atoms with Crippen LogP contribution in [-0.2, 0) is 11.3 Å². The van der Waals surface area contributed by atoms with E-state index in [9.17, 15) is 0 Å². The maximum atomic E-state index is 5.88. The van der Waals surface area contributed by atoms with Crippen LogP contribution >= 0.6 is 0 Å². The molecule has 1 aromatic carbocycles. The van der Waals surface area contributed by atoms with Crippen molar-refractivity contribution >= 4 is 5.69 Å². The average Bonchev–Trinajstić information content (AvgIpc) is 2.31. The highest BCUT2D eigenvalue weighted by Crippen LogP contribution is 2.24. The third kappa shape index (κ3) is 3.85. The van der Waals surface area contributed by atoms with Crippen molar-refractivity contribution in [3.63, 3.8) is 0 Å². The second-order valence-electron chi connectivity index (χ2n) is 5.25. The van der Waals surface area contributed by atoms with Crippen molar-refractivity contribution in [1.82, 2.24) is 4.90 Å². The molecule has 0 saturated carbocycles. The Morgan fingerprint density at radius 3 is 2.63 bits per heavy atom. The van der Waals surface area contributed by atoms with E-state index in [1.54, 1.807) is 0 Å². The standard InChI is InChI=1S/C15H24N2O2/c1-4-18-15-6-5-14(16)7-13(15)10-17-8-11(2)19-12(3)9-17/h5-7,11-12H,4,8-10,16H2,1-3H3. The monoisotopic (exact) mass is 264 g/mol. The molecule has 0 amide bonds. The fourth-order valence-corrected chi connectivity index (χ4v) is 2.67. The van der Waals surface area contributed by atoms with Gasteiger partial charge in [0.25, 0.3) is 0 Å². The minimum atomic E-state index is 0.278. The molecule has 0 aromatic heterocycles. The van der Waals surface area contributed by atoms with E-state index in [4.69, 9.17) is 15.2 Å². The lowest BCUT2D eigenvalue weighted by molar-refractivity contribution is -0.0706. The van der Waals surface area contributed by atoms with Gasteiger partial charge in [-0.3, -0.25) is 4.90 Å². The van der Waals surface area contributed by atoms with Crippen LogP contribution in [0.15, 0.2) is 18.2 Å². The Labute approximate surface area is 115 Å². The van der Waals surface area contributed by atoms with E-state index < -0.39 is 0 Å². The van der Waals surface area contributed by atoms with E-state index in [1.807, 2.05) is 25.1 Å². The molecular weight excluding hydrogens is 240 g/mol. The van der Waals surface area contributed by atoms with E-state index in [1.165, 1.54) is 0 Å². The number of hydrogen-bond donors (Lipinski definition) is 1. The molecule has 1 aliphatic heterocycles. The molecule has 0 spiro atoms. The lowest BCUT2D eigenvalue weighted by atomic mass is 10.1. The van der Waals surface area contributed by atoms with Gasteiger partial charge in [0.05, 0.1) is 18.8 Å². The van der Waals surface area contributed by atoms with Gasteiger partial charge >= 0.3 is 0 Å². The Balaban J connectivity index is 2.10. The fraction of sp³-hybridized carbons (Fsp3) is 0.600. The highest BCUT2D eigenvalue weighted by Gasteiger charge is 2.22. The lowest BCUT2D eigenvalue weighted by Gasteiger charge is -2.35. The summed E-state index contributed by atoms with van der Waals surface area (Å²) in [6.45, 7) is 9.66. The maximum Gasteiger partial charge on any atom is 0.123 e. The first kappa shape index (κ1) is 14.2. The van der Waals surface area contributed by atoms with E-state index in [2.05, 4.69) is 18.7 Å². The molecule has 4 nitrogen and oxygen atoms in total. The summed E-state index contributed by atoms with van der Waals surface area (Å²) in [5.74, 6) is 0.934. The number of rotatable bonds is 4. The van der Waals surface area contributed by atoms with Crippen LogP contribution in [0, 0.1) is 0 Å². The van der Waals surface area contributed by atoms with Gasteiger partial charge in [0.2, 0.25) is 0 Å². The molecule has 0 radical (unpaired) electrons. The number of hydrogen-bond acceptors (Lipinski definition) is 4. The lowest BCUT2D eigenvalue weighted by Crippen LogP contribution is -2.44. The highest BCUT2D eigenvalue weighted by atomic mass is 16.5. The topological polar surface area (TPSA) is 47.7 Å². The first-order chi connectivity index (χ1) is 9.08. The third-order valence-corrected chi connectivity index (χ3v) is 3.27. The van der Waals surface area contributed by atoms with Gasteiger partial charge in [0, 0.05) is 30.9 Å². The second kappa shape index (κ2) is 6.26. The normalized spacial score (nSPS) is 24.4. The summed E-state index contributed by atoms with van der Waals surface area (Å²) >= 11 is 0. The first-order valence-electron chi connectivity index (χ1n) is 6.97. The van der Waals surface area contributed by atoms with Crippen LogP contribution in [-0.4, -0.2) is 36.8 Å². The molecule has 1 fully saturated rings. The van der Waals surface area contributed by atoms with Crippen LogP contribution < -0.4 is 10.5 Å². The predicted molar refractivity (Wildman–Crippen MR) is 77.3 cm³/mol. The zero-order valence-corrected chi connectivity index (χ0v) is 12.1. The van der Waals surface area contributed by atoms with Crippen molar-refractivity contribution < 1.29 is 9.47 Å². The quantitative estimate of drug-likeness (QED) is 0.848. The van der Waals surface area contributed by atoms with Gasteiger partial charge in [0.15, 0.2) is 0 Å². The first-order valence-corrected chi connectivity index (χ1v) is 6.97. The number of nitrogens with zero attached hydrogens (tertiary/aromatic N) is 1. The SMILES string of the molecule is CCOc1ccc(N)cc1CN1CC(C)OC(C)C1. The highest BCUT2D eigenvalue weighted by molar-refractivity contribution is 5.47. The van der Waals surface area contributed by atoms with Crippen molar-refractivity contribution in [2.45, 2.75) is 39.5 Å². The maximum absolute atomic E-state index is 5.88. The molecule has 4 heteroatoms. The van der Waals surface area contributed by atoms with Gasteiger partial charge in [-0.15, -0.1) is 0 Å². The van der Waals surface area contributed by atoms with Crippen molar-refractivity contribution in [1.29, 1.82) is 0 Å². The Bertz CT molecular complexity index is 413. The summed E-state index contributed by atoms with van der Waals surface area (Å²) in [6, 6.07) is 5.86. The Morgan fingerprint density at radius 2 is 2.00 bits per heavy atom. The molecule has 0 aliphatic carbocycles.